The van der Waals surface area contributed by atoms with Gasteiger partial charge in [-0.2, -0.15) is 23.3 Å². The number of halogens is 3. The number of hydrogen-bond acceptors (Lipinski definition) is 6. The lowest BCUT2D eigenvalue weighted by atomic mass is 10.0. The Morgan fingerprint density at radius 3 is 2.58 bits per heavy atom. The number of fused-ring (bicyclic) bond motifs is 1. The number of methoxy groups -OCH3 is 1. The van der Waals surface area contributed by atoms with Crippen molar-refractivity contribution in [3.05, 3.63) is 53.6 Å². The molecule has 0 aliphatic carbocycles. The first-order chi connectivity index (χ1) is 14.7. The topological polar surface area (TPSA) is 80.6 Å². The molecule has 2 aromatic rings. The summed E-state index contributed by atoms with van der Waals surface area (Å²) >= 11 is 0. The number of alkyl halides is 3. The van der Waals surface area contributed by atoms with E-state index < -0.39 is 24.2 Å². The number of carbonyl (C=O) groups excluding carboxylic acids is 1. The summed E-state index contributed by atoms with van der Waals surface area (Å²) in [4.78, 5) is 12.7. The van der Waals surface area contributed by atoms with Crippen molar-refractivity contribution in [1.29, 1.82) is 0 Å². The largest absolute Gasteiger partial charge is 0.497 e. The van der Waals surface area contributed by atoms with E-state index in [1.165, 1.54) is 19.2 Å². The van der Waals surface area contributed by atoms with Gasteiger partial charge in [0.1, 0.15) is 5.75 Å². The minimum Gasteiger partial charge on any atom is -0.497 e. The van der Waals surface area contributed by atoms with Gasteiger partial charge < -0.3 is 19.3 Å². The van der Waals surface area contributed by atoms with Gasteiger partial charge in [-0.25, -0.2) is 0 Å². The number of aliphatic hydroxyl groups is 1. The van der Waals surface area contributed by atoms with Gasteiger partial charge in [0.2, 0.25) is 12.7 Å². The molecule has 2 aliphatic heterocycles. The van der Waals surface area contributed by atoms with Crippen LogP contribution in [0.2, 0.25) is 0 Å². The highest BCUT2D eigenvalue weighted by Gasteiger charge is 2.63. The molecule has 0 saturated carbocycles. The number of carbonyl (C=O) groups is 1. The van der Waals surface area contributed by atoms with E-state index >= 15 is 0 Å². The van der Waals surface area contributed by atoms with E-state index in [4.69, 9.17) is 14.2 Å². The molecule has 0 radical (unpaired) electrons. The molecule has 2 aliphatic rings. The van der Waals surface area contributed by atoms with Crippen LogP contribution in [0.15, 0.2) is 47.6 Å². The van der Waals surface area contributed by atoms with Gasteiger partial charge in [-0.05, 0) is 53.9 Å². The first-order valence-electron chi connectivity index (χ1n) is 9.44. The molecule has 164 valence electrons. The standard InChI is InChI=1S/C21H19F3N2O5/c1-29-15-6-4-14(5-7-15)16-11-20(28,21(22,23)24)26(25-16)19(27)9-3-13-2-8-17-18(10-13)31-12-30-17/h2,4-8,10,28H,3,9,11-12H2,1H3/t20-/m1/s1. The second-order valence-corrected chi connectivity index (χ2v) is 7.16. The number of hydrazone groups is 1. The van der Waals surface area contributed by atoms with Crippen molar-refractivity contribution in [2.24, 2.45) is 5.10 Å². The number of hydrogen-bond donors (Lipinski definition) is 1. The van der Waals surface area contributed by atoms with Crippen LogP contribution < -0.4 is 14.2 Å². The van der Waals surface area contributed by atoms with Crippen molar-refractivity contribution in [3.63, 3.8) is 0 Å². The van der Waals surface area contributed by atoms with Crippen LogP contribution in [0.25, 0.3) is 0 Å². The highest BCUT2D eigenvalue weighted by atomic mass is 19.4. The summed E-state index contributed by atoms with van der Waals surface area (Å²) in [6.07, 6.45) is -6.08. The van der Waals surface area contributed by atoms with Gasteiger partial charge in [-0.3, -0.25) is 4.79 Å². The smallest absolute Gasteiger partial charge is 0.438 e. The van der Waals surface area contributed by atoms with Crippen molar-refractivity contribution in [3.8, 4) is 17.2 Å². The zero-order valence-electron chi connectivity index (χ0n) is 16.5. The summed E-state index contributed by atoms with van der Waals surface area (Å²) in [5.74, 6) is 0.652. The van der Waals surface area contributed by atoms with Gasteiger partial charge in [0, 0.05) is 6.42 Å². The van der Waals surface area contributed by atoms with Crippen LogP contribution >= 0.6 is 0 Å². The van der Waals surface area contributed by atoms with E-state index in [9.17, 15) is 23.1 Å². The molecular formula is C21H19F3N2O5. The molecule has 1 amide bonds. The highest BCUT2D eigenvalue weighted by Crippen LogP contribution is 2.42. The number of aryl methyl sites for hydroxylation is 1. The quantitative estimate of drug-likeness (QED) is 0.779. The Morgan fingerprint density at radius 1 is 1.19 bits per heavy atom. The molecule has 31 heavy (non-hydrogen) atoms. The van der Waals surface area contributed by atoms with E-state index in [2.05, 4.69) is 5.10 Å². The molecule has 0 fully saturated rings. The molecule has 7 nitrogen and oxygen atoms in total. The van der Waals surface area contributed by atoms with Gasteiger partial charge in [0.05, 0.1) is 19.2 Å². The van der Waals surface area contributed by atoms with Gasteiger partial charge >= 0.3 is 6.18 Å². The lowest BCUT2D eigenvalue weighted by Crippen LogP contribution is -2.56. The number of benzene rings is 2. The Balaban J connectivity index is 1.54. The summed E-state index contributed by atoms with van der Waals surface area (Å²) in [7, 11) is 1.46. The third-order valence-corrected chi connectivity index (χ3v) is 5.16. The summed E-state index contributed by atoms with van der Waals surface area (Å²) in [6, 6.07) is 11.2. The second kappa shape index (κ2) is 7.77. The molecule has 0 saturated heterocycles. The average Bonchev–Trinajstić information content (AvgIpc) is 3.36. The molecule has 0 unspecified atom stereocenters. The molecule has 0 spiro atoms. The van der Waals surface area contributed by atoms with E-state index in [1.54, 1.807) is 30.3 Å². The Bertz CT molecular complexity index is 1020. The normalized spacial score (nSPS) is 20.0. The second-order valence-electron chi connectivity index (χ2n) is 7.16. The number of amides is 1. The van der Waals surface area contributed by atoms with Crippen molar-refractivity contribution in [2.45, 2.75) is 31.2 Å². The summed E-state index contributed by atoms with van der Waals surface area (Å²) < 4.78 is 56.6. The van der Waals surface area contributed by atoms with Crippen LogP contribution in [0, 0.1) is 0 Å². The SMILES string of the molecule is COc1ccc(C2=NN(C(=O)CCc3ccc4c(c3)OCO4)[C@](O)(C(F)(F)F)C2)cc1. The maximum absolute atomic E-state index is 13.7. The fraction of sp³-hybridized carbons (Fsp3) is 0.333. The third-order valence-electron chi connectivity index (χ3n) is 5.16. The third kappa shape index (κ3) is 3.90. The molecule has 4 rings (SSSR count). The number of ether oxygens (including phenoxy) is 3. The Morgan fingerprint density at radius 2 is 1.90 bits per heavy atom. The monoisotopic (exact) mass is 436 g/mol. The van der Waals surface area contributed by atoms with Gasteiger partial charge in [0.25, 0.3) is 5.72 Å². The van der Waals surface area contributed by atoms with Crippen molar-refractivity contribution in [1.82, 2.24) is 5.01 Å². The zero-order valence-corrected chi connectivity index (χ0v) is 16.5. The first kappa shape index (κ1) is 21.0. The minimum atomic E-state index is -5.08. The van der Waals surface area contributed by atoms with Crippen LogP contribution in [0.4, 0.5) is 13.2 Å². The zero-order chi connectivity index (χ0) is 22.2. The fourth-order valence-electron chi connectivity index (χ4n) is 3.43. The van der Waals surface area contributed by atoms with Gasteiger partial charge in [0.15, 0.2) is 11.5 Å². The number of rotatable bonds is 5. The van der Waals surface area contributed by atoms with Crippen LogP contribution in [0.1, 0.15) is 24.0 Å². The van der Waals surface area contributed by atoms with Crippen LogP contribution in [-0.2, 0) is 11.2 Å². The molecule has 2 aromatic carbocycles. The lowest BCUT2D eigenvalue weighted by molar-refractivity contribution is -0.302. The maximum Gasteiger partial charge on any atom is 0.438 e. The average molecular weight is 436 g/mol. The van der Waals surface area contributed by atoms with Crippen LogP contribution in [0.5, 0.6) is 17.2 Å². The molecule has 0 aromatic heterocycles. The minimum absolute atomic E-state index is 0.0427. The van der Waals surface area contributed by atoms with Crippen molar-refractivity contribution in [2.75, 3.05) is 13.9 Å². The molecule has 2 heterocycles. The fourth-order valence-corrected chi connectivity index (χ4v) is 3.43. The van der Waals surface area contributed by atoms with Crippen LogP contribution in [0.3, 0.4) is 0 Å². The van der Waals surface area contributed by atoms with Gasteiger partial charge in [-0.1, -0.05) is 6.07 Å². The summed E-state index contributed by atoms with van der Waals surface area (Å²) in [6.45, 7) is 0.0902. The number of nitrogens with zero attached hydrogens (tertiary/aromatic N) is 2. The van der Waals surface area contributed by atoms with E-state index in [1.807, 2.05) is 0 Å². The molecule has 1 atom stereocenters. The lowest BCUT2D eigenvalue weighted by Gasteiger charge is -2.32. The predicted molar refractivity (Wildman–Crippen MR) is 103 cm³/mol. The highest BCUT2D eigenvalue weighted by molar-refractivity contribution is 6.03. The van der Waals surface area contributed by atoms with Gasteiger partial charge in [-0.15, -0.1) is 0 Å². The Labute approximate surface area is 175 Å². The Hall–Kier alpha value is -3.27. The van der Waals surface area contributed by atoms with Crippen molar-refractivity contribution < 1.29 is 37.3 Å². The molecule has 10 heteroatoms. The first-order valence-corrected chi connectivity index (χ1v) is 9.44. The molecular weight excluding hydrogens is 417 g/mol. The van der Waals surface area contributed by atoms with E-state index in [-0.39, 0.29) is 30.4 Å². The predicted octanol–water partition coefficient (Wildman–Crippen LogP) is 3.24. The Kier molecular flexibility index (Phi) is 5.26. The summed E-state index contributed by atoms with van der Waals surface area (Å²) in [5, 5.41) is 14.4. The van der Waals surface area contributed by atoms with E-state index in [0.717, 1.165) is 0 Å². The summed E-state index contributed by atoms with van der Waals surface area (Å²) in [5.41, 5.74) is -2.41. The molecule has 0 bridgehead atoms. The maximum atomic E-state index is 13.7. The molecule has 1 N–H and O–H groups in total. The van der Waals surface area contributed by atoms with E-state index in [0.29, 0.717) is 28.4 Å². The van der Waals surface area contributed by atoms with Crippen molar-refractivity contribution >= 4 is 11.6 Å². The van der Waals surface area contributed by atoms with Crippen LogP contribution in [-0.4, -0.2) is 47.5 Å².